The predicted molar refractivity (Wildman–Crippen MR) is 79.7 cm³/mol. The first-order valence-electron chi connectivity index (χ1n) is 5.27. The minimum absolute atomic E-state index is 0.353. The lowest BCUT2D eigenvalue weighted by Crippen LogP contribution is -1.98. The van der Waals surface area contributed by atoms with Gasteiger partial charge < -0.3 is 0 Å². The summed E-state index contributed by atoms with van der Waals surface area (Å²) in [6.45, 7) is 0. The summed E-state index contributed by atoms with van der Waals surface area (Å²) in [5, 5.41) is 4.97. The summed E-state index contributed by atoms with van der Waals surface area (Å²) < 4.78 is 2.15. The maximum absolute atomic E-state index is 6.18. The van der Waals surface area contributed by atoms with Gasteiger partial charge in [0.15, 0.2) is 5.82 Å². The van der Waals surface area contributed by atoms with E-state index in [1.807, 2.05) is 30.3 Å². The summed E-state index contributed by atoms with van der Waals surface area (Å²) in [6.07, 6.45) is 1.47. The van der Waals surface area contributed by atoms with Gasteiger partial charge in [-0.05, 0) is 12.1 Å². The molecule has 0 amide bonds. The molecule has 0 unspecified atom stereocenters. The molecule has 0 saturated carbocycles. The number of thiophene rings is 1. The van der Waals surface area contributed by atoms with Crippen molar-refractivity contribution in [2.24, 2.45) is 0 Å². The van der Waals surface area contributed by atoms with E-state index in [1.54, 1.807) is 4.68 Å². The molecule has 7 heteroatoms. The van der Waals surface area contributed by atoms with Gasteiger partial charge in [0, 0.05) is 0 Å². The van der Waals surface area contributed by atoms with Gasteiger partial charge in [0.25, 0.3) is 0 Å². The zero-order valence-electron chi connectivity index (χ0n) is 9.35. The summed E-state index contributed by atoms with van der Waals surface area (Å²) in [6, 6.07) is 9.66. The molecule has 1 aromatic carbocycles. The number of benzene rings is 1. The lowest BCUT2D eigenvalue weighted by atomic mass is 10.3. The maximum atomic E-state index is 6.18. The second-order valence-electron chi connectivity index (χ2n) is 3.66. The molecule has 0 N–H and O–H groups in total. The van der Waals surface area contributed by atoms with Crippen LogP contribution in [-0.4, -0.2) is 14.8 Å². The van der Waals surface area contributed by atoms with Gasteiger partial charge in [-0.3, -0.25) is 0 Å². The first-order valence-corrected chi connectivity index (χ1v) is 7.22. The van der Waals surface area contributed by atoms with Crippen molar-refractivity contribution in [3.05, 3.63) is 51.0 Å². The second-order valence-corrected chi connectivity index (χ2v) is 6.04. The minimum atomic E-state index is 0.353. The van der Waals surface area contributed by atoms with Crippen LogP contribution in [0.2, 0.25) is 14.4 Å². The number of rotatable bonds is 2. The minimum Gasteiger partial charge on any atom is -0.214 e. The largest absolute Gasteiger partial charge is 0.214 e. The van der Waals surface area contributed by atoms with Crippen molar-refractivity contribution < 1.29 is 0 Å². The molecule has 0 bridgehead atoms. The molecule has 3 rings (SSSR count). The molecule has 0 radical (unpaired) electrons. The van der Waals surface area contributed by atoms with Gasteiger partial charge in [-0.1, -0.05) is 53.0 Å². The Morgan fingerprint density at radius 2 is 1.74 bits per heavy atom. The Kier molecular flexibility index (Phi) is 3.50. The van der Waals surface area contributed by atoms with Crippen LogP contribution in [0.4, 0.5) is 0 Å². The van der Waals surface area contributed by atoms with Crippen LogP contribution in [-0.2, 0) is 0 Å². The Labute approximate surface area is 128 Å². The normalized spacial score (nSPS) is 10.9. The molecule has 3 nitrogen and oxygen atoms in total. The topological polar surface area (TPSA) is 30.7 Å². The fourth-order valence-corrected chi connectivity index (χ4v) is 3.45. The lowest BCUT2D eigenvalue weighted by molar-refractivity contribution is 0.889. The van der Waals surface area contributed by atoms with Gasteiger partial charge in [-0.2, -0.15) is 5.10 Å². The quantitative estimate of drug-likeness (QED) is 0.665. The molecular weight excluding hydrogens is 325 g/mol. The first-order chi connectivity index (χ1) is 9.18. The van der Waals surface area contributed by atoms with Crippen molar-refractivity contribution in [1.29, 1.82) is 0 Å². The van der Waals surface area contributed by atoms with E-state index in [1.165, 1.54) is 17.7 Å². The van der Waals surface area contributed by atoms with E-state index in [4.69, 9.17) is 34.8 Å². The van der Waals surface area contributed by atoms with Crippen molar-refractivity contribution in [3.8, 4) is 16.4 Å². The highest BCUT2D eigenvalue weighted by atomic mass is 35.5. The van der Waals surface area contributed by atoms with Crippen molar-refractivity contribution in [2.75, 3.05) is 0 Å². The first kappa shape index (κ1) is 12.9. The zero-order chi connectivity index (χ0) is 13.4. The fourth-order valence-electron chi connectivity index (χ4n) is 1.66. The molecule has 0 aliphatic rings. The molecule has 96 valence electrons. The van der Waals surface area contributed by atoms with Crippen LogP contribution < -0.4 is 0 Å². The number of halogens is 3. The molecule has 0 fully saturated rings. The van der Waals surface area contributed by atoms with Crippen molar-refractivity contribution >= 4 is 46.1 Å². The average Bonchev–Trinajstić information content (AvgIpc) is 3.01. The predicted octanol–water partition coefficient (Wildman–Crippen LogP) is 4.96. The zero-order valence-corrected chi connectivity index (χ0v) is 12.4. The number of hydrogen-bond donors (Lipinski definition) is 0. The molecule has 3 aromatic rings. The molecule has 0 saturated heterocycles. The van der Waals surface area contributed by atoms with E-state index in [9.17, 15) is 0 Å². The molecule has 2 heterocycles. The highest BCUT2D eigenvalue weighted by Gasteiger charge is 2.20. The number of nitrogens with zero attached hydrogens (tertiary/aromatic N) is 3. The summed E-state index contributed by atoms with van der Waals surface area (Å²) in [4.78, 5) is 4.95. The van der Waals surface area contributed by atoms with Crippen LogP contribution in [0.25, 0.3) is 16.4 Å². The van der Waals surface area contributed by atoms with Gasteiger partial charge in [0.2, 0.25) is 0 Å². The Hall–Kier alpha value is -1.07. The molecule has 19 heavy (non-hydrogen) atoms. The van der Waals surface area contributed by atoms with E-state index in [0.717, 1.165) is 5.69 Å². The molecule has 2 aromatic heterocycles. The highest BCUT2D eigenvalue weighted by Crippen LogP contribution is 2.45. The standard InChI is InChI=1S/C12H6Cl3N3S/c13-8-9(14)11(15)19-10(8)12-16-6-17-18(12)7-4-2-1-3-5-7/h1-6H. The molecule has 0 atom stereocenters. The second kappa shape index (κ2) is 5.13. The molecular formula is C12H6Cl3N3S. The van der Waals surface area contributed by atoms with Crippen LogP contribution >= 0.6 is 46.1 Å². The third kappa shape index (κ3) is 2.25. The van der Waals surface area contributed by atoms with Crippen LogP contribution in [0.1, 0.15) is 0 Å². The van der Waals surface area contributed by atoms with E-state index in [0.29, 0.717) is 25.1 Å². The summed E-state index contributed by atoms with van der Waals surface area (Å²) >= 11 is 19.5. The molecule has 0 aliphatic heterocycles. The number of para-hydroxylation sites is 1. The Balaban J connectivity index is 2.18. The third-order valence-electron chi connectivity index (χ3n) is 2.51. The van der Waals surface area contributed by atoms with Gasteiger partial charge in [0.1, 0.15) is 10.7 Å². The summed E-state index contributed by atoms with van der Waals surface area (Å²) in [5.74, 6) is 0.620. The van der Waals surface area contributed by atoms with Gasteiger partial charge in [-0.15, -0.1) is 11.3 Å². The van der Waals surface area contributed by atoms with Crippen molar-refractivity contribution in [1.82, 2.24) is 14.8 Å². The SMILES string of the molecule is Clc1sc(-c2ncnn2-c2ccccc2)c(Cl)c1Cl. The van der Waals surface area contributed by atoms with Crippen LogP contribution in [0.15, 0.2) is 36.7 Å². The van der Waals surface area contributed by atoms with Gasteiger partial charge in [-0.25, -0.2) is 9.67 Å². The smallest absolute Gasteiger partial charge is 0.174 e. The number of hydrogen-bond acceptors (Lipinski definition) is 3. The van der Waals surface area contributed by atoms with Crippen LogP contribution in [0, 0.1) is 0 Å². The van der Waals surface area contributed by atoms with Crippen LogP contribution in [0.3, 0.4) is 0 Å². The highest BCUT2D eigenvalue weighted by molar-refractivity contribution is 7.20. The van der Waals surface area contributed by atoms with Crippen molar-refractivity contribution in [2.45, 2.75) is 0 Å². The molecule has 0 spiro atoms. The van der Waals surface area contributed by atoms with E-state index in [-0.39, 0.29) is 0 Å². The third-order valence-corrected chi connectivity index (χ3v) is 5.08. The van der Waals surface area contributed by atoms with Gasteiger partial charge >= 0.3 is 0 Å². The summed E-state index contributed by atoms with van der Waals surface area (Å²) in [5.41, 5.74) is 0.895. The Bertz CT molecular complexity index is 721. The van der Waals surface area contributed by atoms with E-state index in [2.05, 4.69) is 10.1 Å². The monoisotopic (exact) mass is 329 g/mol. The average molecular weight is 331 g/mol. The van der Waals surface area contributed by atoms with Gasteiger partial charge in [0.05, 0.1) is 20.6 Å². The van der Waals surface area contributed by atoms with Crippen molar-refractivity contribution in [3.63, 3.8) is 0 Å². The number of aromatic nitrogens is 3. The van der Waals surface area contributed by atoms with Crippen LogP contribution in [0.5, 0.6) is 0 Å². The Morgan fingerprint density at radius 3 is 2.37 bits per heavy atom. The summed E-state index contributed by atoms with van der Waals surface area (Å²) in [7, 11) is 0. The van der Waals surface area contributed by atoms with E-state index >= 15 is 0 Å². The Morgan fingerprint density at radius 1 is 1.00 bits per heavy atom. The lowest BCUT2D eigenvalue weighted by Gasteiger charge is -2.04. The fraction of sp³-hybridized carbons (Fsp3) is 0. The maximum Gasteiger partial charge on any atom is 0.174 e. The van der Waals surface area contributed by atoms with E-state index < -0.39 is 0 Å². The molecule has 0 aliphatic carbocycles.